The molecule has 0 radical (unpaired) electrons. The molecule has 0 bridgehead atoms. The molecule has 1 aliphatic heterocycles. The fourth-order valence-electron chi connectivity index (χ4n) is 3.87. The molecule has 3 aromatic rings. The van der Waals surface area contributed by atoms with Gasteiger partial charge in [0.1, 0.15) is 0 Å². The Kier molecular flexibility index (Phi) is 4.44. The van der Waals surface area contributed by atoms with Crippen molar-refractivity contribution in [3.63, 3.8) is 0 Å². The van der Waals surface area contributed by atoms with Gasteiger partial charge in [-0.1, -0.05) is 42.5 Å². The molecule has 3 heteroatoms. The predicted octanol–water partition coefficient (Wildman–Crippen LogP) is 4.82. The normalized spacial score (nSPS) is 13.3. The van der Waals surface area contributed by atoms with Crippen molar-refractivity contribution in [3.05, 3.63) is 77.4 Å². The molecule has 1 aliphatic rings. The van der Waals surface area contributed by atoms with Crippen molar-refractivity contribution in [2.75, 3.05) is 12.3 Å². The molecule has 0 aliphatic carbocycles. The van der Waals surface area contributed by atoms with Crippen LogP contribution in [0.2, 0.25) is 0 Å². The summed E-state index contributed by atoms with van der Waals surface area (Å²) in [6.45, 7) is 5.18. The number of benzene rings is 3. The van der Waals surface area contributed by atoms with Crippen molar-refractivity contribution in [1.29, 1.82) is 0 Å². The molecule has 0 spiro atoms. The van der Waals surface area contributed by atoms with E-state index in [9.17, 15) is 4.79 Å². The van der Waals surface area contributed by atoms with Crippen LogP contribution in [0.3, 0.4) is 0 Å². The molecule has 0 atom stereocenters. The number of aryl methyl sites for hydroxylation is 1. The predicted molar refractivity (Wildman–Crippen MR) is 111 cm³/mol. The molecular weight excluding hydrogens is 332 g/mol. The first-order valence-electron chi connectivity index (χ1n) is 9.36. The number of nitrogens with zero attached hydrogens (tertiary/aromatic N) is 1. The molecule has 0 fully saturated rings. The number of carbonyl (C=O) groups excluding carboxylic acids is 1. The molecule has 0 saturated carbocycles. The Balaban J connectivity index is 1.74. The Labute approximate surface area is 160 Å². The maximum atomic E-state index is 11.7. The number of nitrogens with two attached hydrogens (primary N) is 1. The van der Waals surface area contributed by atoms with Gasteiger partial charge in [-0.3, -0.25) is 4.79 Å². The van der Waals surface area contributed by atoms with E-state index < -0.39 is 0 Å². The van der Waals surface area contributed by atoms with Crippen LogP contribution in [-0.2, 0) is 17.8 Å². The number of rotatable bonds is 2. The molecule has 1 amide bonds. The van der Waals surface area contributed by atoms with Crippen molar-refractivity contribution >= 4 is 11.6 Å². The minimum atomic E-state index is 0.145. The zero-order valence-electron chi connectivity index (χ0n) is 15.8. The first kappa shape index (κ1) is 17.3. The first-order chi connectivity index (χ1) is 13.0. The summed E-state index contributed by atoms with van der Waals surface area (Å²) in [5, 5.41) is 0. The highest BCUT2D eigenvalue weighted by atomic mass is 16.2. The quantitative estimate of drug-likeness (QED) is 0.670. The van der Waals surface area contributed by atoms with Gasteiger partial charge in [0, 0.05) is 25.7 Å². The molecule has 0 unspecified atom stereocenters. The van der Waals surface area contributed by atoms with E-state index in [1.807, 2.05) is 17.9 Å². The number of nitrogen functional groups attached to an aromatic ring is 1. The number of fused-ring (bicyclic) bond motifs is 1. The van der Waals surface area contributed by atoms with Gasteiger partial charge in [-0.2, -0.15) is 0 Å². The van der Waals surface area contributed by atoms with Gasteiger partial charge in [-0.05, 0) is 70.5 Å². The molecule has 4 rings (SSSR count). The fraction of sp³-hybridized carbons (Fsp3) is 0.208. The summed E-state index contributed by atoms with van der Waals surface area (Å²) in [5.41, 5.74) is 15.4. The molecule has 27 heavy (non-hydrogen) atoms. The third kappa shape index (κ3) is 3.33. The second-order valence-electron chi connectivity index (χ2n) is 7.29. The number of hydrogen-bond donors (Lipinski definition) is 1. The van der Waals surface area contributed by atoms with Gasteiger partial charge in [0.25, 0.3) is 0 Å². The van der Waals surface area contributed by atoms with E-state index in [4.69, 9.17) is 5.73 Å². The second kappa shape index (κ2) is 6.92. The Morgan fingerprint density at radius 3 is 2.48 bits per heavy atom. The van der Waals surface area contributed by atoms with Crippen LogP contribution in [0.25, 0.3) is 22.3 Å². The van der Waals surface area contributed by atoms with E-state index in [0.717, 1.165) is 24.2 Å². The van der Waals surface area contributed by atoms with Crippen molar-refractivity contribution < 1.29 is 4.79 Å². The standard InChI is InChI=1S/C24H24N2O/c1-16-13-19(9-10-24(16)25)18-5-3-6-20(14-18)22-8-4-7-21-15-26(17(2)27)12-11-23(21)22/h3-10,13-14H,11-12,15,25H2,1-2H3. The van der Waals surface area contributed by atoms with E-state index >= 15 is 0 Å². The summed E-state index contributed by atoms with van der Waals surface area (Å²) < 4.78 is 0. The highest BCUT2D eigenvalue weighted by Gasteiger charge is 2.20. The van der Waals surface area contributed by atoms with Crippen LogP contribution in [0.5, 0.6) is 0 Å². The molecule has 2 N–H and O–H groups in total. The van der Waals surface area contributed by atoms with Gasteiger partial charge in [-0.25, -0.2) is 0 Å². The highest BCUT2D eigenvalue weighted by Crippen LogP contribution is 2.33. The largest absolute Gasteiger partial charge is 0.399 e. The summed E-state index contributed by atoms with van der Waals surface area (Å²) in [4.78, 5) is 13.6. The lowest BCUT2D eigenvalue weighted by molar-refractivity contribution is -0.129. The minimum absolute atomic E-state index is 0.145. The zero-order chi connectivity index (χ0) is 19.0. The van der Waals surface area contributed by atoms with Crippen LogP contribution in [0.1, 0.15) is 23.6 Å². The molecule has 3 nitrogen and oxygen atoms in total. The molecule has 1 heterocycles. The van der Waals surface area contributed by atoms with Crippen LogP contribution < -0.4 is 5.73 Å². The van der Waals surface area contributed by atoms with Crippen molar-refractivity contribution in [2.45, 2.75) is 26.8 Å². The molecule has 0 saturated heterocycles. The Morgan fingerprint density at radius 2 is 1.70 bits per heavy atom. The van der Waals surface area contributed by atoms with Crippen LogP contribution in [0.4, 0.5) is 5.69 Å². The third-order valence-corrected chi connectivity index (χ3v) is 5.49. The molecular formula is C24H24N2O. The van der Waals surface area contributed by atoms with Gasteiger partial charge < -0.3 is 10.6 Å². The molecule has 136 valence electrons. The monoisotopic (exact) mass is 356 g/mol. The van der Waals surface area contributed by atoms with E-state index in [1.165, 1.54) is 33.4 Å². The van der Waals surface area contributed by atoms with Crippen molar-refractivity contribution in [2.24, 2.45) is 0 Å². The van der Waals surface area contributed by atoms with E-state index in [2.05, 4.69) is 54.6 Å². The zero-order valence-corrected chi connectivity index (χ0v) is 15.8. The molecule has 0 aromatic heterocycles. The van der Waals surface area contributed by atoms with E-state index in [0.29, 0.717) is 6.54 Å². The number of carbonyl (C=O) groups is 1. The smallest absolute Gasteiger partial charge is 0.219 e. The number of amides is 1. The van der Waals surface area contributed by atoms with Gasteiger partial charge in [-0.15, -0.1) is 0 Å². The Hall–Kier alpha value is -3.07. The lowest BCUT2D eigenvalue weighted by Gasteiger charge is -2.29. The fourth-order valence-corrected chi connectivity index (χ4v) is 3.87. The first-order valence-corrected chi connectivity index (χ1v) is 9.36. The highest BCUT2D eigenvalue weighted by molar-refractivity contribution is 5.78. The summed E-state index contributed by atoms with van der Waals surface area (Å²) in [5.74, 6) is 0.145. The lowest BCUT2D eigenvalue weighted by Crippen LogP contribution is -2.34. The van der Waals surface area contributed by atoms with Crippen LogP contribution >= 0.6 is 0 Å². The molecule has 3 aromatic carbocycles. The van der Waals surface area contributed by atoms with E-state index in [1.54, 1.807) is 6.92 Å². The maximum Gasteiger partial charge on any atom is 0.219 e. The SMILES string of the molecule is CC(=O)N1CCc2c(cccc2-c2cccc(-c3ccc(N)c(C)c3)c2)C1. The summed E-state index contributed by atoms with van der Waals surface area (Å²) in [6.07, 6.45) is 0.899. The Bertz CT molecular complexity index is 1020. The third-order valence-electron chi connectivity index (χ3n) is 5.49. The van der Waals surface area contributed by atoms with Gasteiger partial charge in [0.2, 0.25) is 5.91 Å². The van der Waals surface area contributed by atoms with Gasteiger partial charge in [0.05, 0.1) is 0 Å². The summed E-state index contributed by atoms with van der Waals surface area (Å²) in [7, 11) is 0. The van der Waals surface area contributed by atoms with Gasteiger partial charge >= 0.3 is 0 Å². The van der Waals surface area contributed by atoms with Gasteiger partial charge in [0.15, 0.2) is 0 Å². The van der Waals surface area contributed by atoms with Crippen LogP contribution in [0.15, 0.2) is 60.7 Å². The summed E-state index contributed by atoms with van der Waals surface area (Å²) >= 11 is 0. The van der Waals surface area contributed by atoms with E-state index in [-0.39, 0.29) is 5.91 Å². The Morgan fingerprint density at radius 1 is 0.963 bits per heavy atom. The maximum absolute atomic E-state index is 11.7. The van der Waals surface area contributed by atoms with Crippen molar-refractivity contribution in [1.82, 2.24) is 4.90 Å². The van der Waals surface area contributed by atoms with Crippen LogP contribution in [-0.4, -0.2) is 17.4 Å². The van der Waals surface area contributed by atoms with Crippen molar-refractivity contribution in [3.8, 4) is 22.3 Å². The van der Waals surface area contributed by atoms with Crippen LogP contribution in [0, 0.1) is 6.92 Å². The number of hydrogen-bond acceptors (Lipinski definition) is 2. The minimum Gasteiger partial charge on any atom is -0.399 e. The lowest BCUT2D eigenvalue weighted by atomic mass is 9.89. The summed E-state index contributed by atoms with van der Waals surface area (Å²) in [6, 6.07) is 21.3. The average Bonchev–Trinajstić information content (AvgIpc) is 2.69. The topological polar surface area (TPSA) is 46.3 Å². The number of anilines is 1. The second-order valence-corrected chi connectivity index (χ2v) is 7.29. The average molecular weight is 356 g/mol.